The number of H-pyrrole nitrogens is 1. The van der Waals surface area contributed by atoms with Gasteiger partial charge in [0.2, 0.25) is 0 Å². The molecule has 0 spiro atoms. The van der Waals surface area contributed by atoms with Crippen LogP contribution in [0.5, 0.6) is 11.5 Å². The molecule has 2 atom stereocenters. The van der Waals surface area contributed by atoms with Gasteiger partial charge in [-0.3, -0.25) is 14.2 Å². The minimum absolute atomic E-state index is 0.0123. The Morgan fingerprint density at radius 1 is 1.31 bits per heavy atom. The fourth-order valence-corrected chi connectivity index (χ4v) is 4.42. The number of aromatic nitrogens is 2. The van der Waals surface area contributed by atoms with E-state index in [0.717, 1.165) is 6.42 Å². The number of hydrogen-bond donors (Lipinski definition) is 3. The van der Waals surface area contributed by atoms with E-state index in [1.165, 1.54) is 13.2 Å². The van der Waals surface area contributed by atoms with Gasteiger partial charge in [0.25, 0.3) is 5.91 Å². The molecule has 35 heavy (non-hydrogen) atoms. The van der Waals surface area contributed by atoms with Crippen molar-refractivity contribution in [3.63, 3.8) is 0 Å². The lowest BCUT2D eigenvalue weighted by Crippen LogP contribution is -2.35. The number of anilines is 2. The summed E-state index contributed by atoms with van der Waals surface area (Å²) in [7, 11) is 1.37. The Balaban J connectivity index is 1.63. The van der Waals surface area contributed by atoms with Crippen molar-refractivity contribution in [3.05, 3.63) is 53.7 Å². The number of pyridine rings is 1. The highest BCUT2D eigenvalue weighted by atomic mass is 19.1. The highest BCUT2D eigenvalue weighted by molar-refractivity contribution is 6.07. The van der Waals surface area contributed by atoms with Crippen molar-refractivity contribution in [3.8, 4) is 22.8 Å². The van der Waals surface area contributed by atoms with E-state index in [1.54, 1.807) is 30.6 Å². The predicted molar refractivity (Wildman–Crippen MR) is 126 cm³/mol. The SMILES string of the molecule is COc1c(F)cccc1Nc1c(-c2ccncc2OCC2CCO2)[nH]c2c1C(=O)NCC2CCF. The molecule has 1 saturated heterocycles. The number of aromatic amines is 1. The number of para-hydroxylation sites is 1. The second-order valence-corrected chi connectivity index (χ2v) is 8.46. The molecule has 3 aromatic rings. The third kappa shape index (κ3) is 4.41. The topological polar surface area (TPSA) is 97.5 Å². The average Bonchev–Trinajstić information content (AvgIpc) is 3.20. The van der Waals surface area contributed by atoms with Crippen LogP contribution in [0.4, 0.5) is 20.2 Å². The number of benzene rings is 1. The van der Waals surface area contributed by atoms with Crippen LogP contribution in [0.2, 0.25) is 0 Å². The van der Waals surface area contributed by atoms with Gasteiger partial charge in [0, 0.05) is 42.9 Å². The molecule has 3 N–H and O–H groups in total. The first-order valence-corrected chi connectivity index (χ1v) is 11.5. The quantitative estimate of drug-likeness (QED) is 0.419. The Morgan fingerprint density at radius 2 is 2.17 bits per heavy atom. The van der Waals surface area contributed by atoms with Crippen LogP contribution >= 0.6 is 0 Å². The number of carbonyl (C=O) groups is 1. The number of methoxy groups -OCH3 is 1. The molecule has 5 rings (SSSR count). The fourth-order valence-electron chi connectivity index (χ4n) is 4.42. The van der Waals surface area contributed by atoms with Gasteiger partial charge in [0.15, 0.2) is 11.6 Å². The van der Waals surface area contributed by atoms with Crippen LogP contribution in [0.25, 0.3) is 11.3 Å². The molecule has 2 aliphatic rings. The summed E-state index contributed by atoms with van der Waals surface area (Å²) in [5.74, 6) is -0.589. The molecule has 1 fully saturated rings. The largest absolute Gasteiger partial charge is 0.492 e. The van der Waals surface area contributed by atoms with E-state index in [2.05, 4.69) is 20.6 Å². The molecule has 2 aliphatic heterocycles. The molecule has 0 aliphatic carbocycles. The Kier molecular flexibility index (Phi) is 6.54. The van der Waals surface area contributed by atoms with Crippen LogP contribution in [0.3, 0.4) is 0 Å². The van der Waals surface area contributed by atoms with E-state index in [1.807, 2.05) is 0 Å². The number of nitrogens with one attached hydrogen (secondary N) is 3. The van der Waals surface area contributed by atoms with Gasteiger partial charge < -0.3 is 29.8 Å². The Morgan fingerprint density at radius 3 is 2.91 bits per heavy atom. The van der Waals surface area contributed by atoms with Gasteiger partial charge in [-0.2, -0.15) is 0 Å². The first-order chi connectivity index (χ1) is 17.1. The maximum absolute atomic E-state index is 14.4. The number of fused-ring (bicyclic) bond motifs is 1. The minimum Gasteiger partial charge on any atom is -0.492 e. The monoisotopic (exact) mass is 484 g/mol. The van der Waals surface area contributed by atoms with Gasteiger partial charge in [-0.05, 0) is 24.6 Å². The molecule has 184 valence electrons. The van der Waals surface area contributed by atoms with E-state index in [0.29, 0.717) is 59.4 Å². The van der Waals surface area contributed by atoms with Gasteiger partial charge in [-0.25, -0.2) is 4.39 Å². The number of halogens is 2. The first kappa shape index (κ1) is 23.1. The van der Waals surface area contributed by atoms with Crippen LogP contribution in [-0.2, 0) is 4.74 Å². The summed E-state index contributed by atoms with van der Waals surface area (Å²) >= 11 is 0. The maximum atomic E-state index is 14.4. The molecule has 10 heteroatoms. The second kappa shape index (κ2) is 9.91. The summed E-state index contributed by atoms with van der Waals surface area (Å²) in [5.41, 5.74) is 2.93. The predicted octanol–water partition coefficient (Wildman–Crippen LogP) is 4.32. The standard InChI is InChI=1S/C25H26F2N4O4/c1-33-24-17(27)3-2-4-18(24)30-23-20-21(14(5-8-26)11-29-25(20)32)31-22(23)16-6-9-28-12-19(16)35-13-15-7-10-34-15/h2-4,6,9,12,14-15,30-31H,5,7-8,10-11,13H2,1H3,(H,29,32). The number of nitrogens with zero attached hydrogens (tertiary/aromatic N) is 1. The zero-order valence-electron chi connectivity index (χ0n) is 19.2. The van der Waals surface area contributed by atoms with Crippen molar-refractivity contribution in [1.29, 1.82) is 0 Å². The van der Waals surface area contributed by atoms with Crippen molar-refractivity contribution in [2.75, 3.05) is 38.9 Å². The van der Waals surface area contributed by atoms with Crippen LogP contribution < -0.4 is 20.1 Å². The molecule has 2 unspecified atom stereocenters. The van der Waals surface area contributed by atoms with E-state index < -0.39 is 12.5 Å². The van der Waals surface area contributed by atoms with Crippen molar-refractivity contribution >= 4 is 17.3 Å². The number of amides is 1. The number of ether oxygens (including phenoxy) is 3. The van der Waals surface area contributed by atoms with Crippen molar-refractivity contribution in [1.82, 2.24) is 15.3 Å². The summed E-state index contributed by atoms with van der Waals surface area (Å²) < 4.78 is 44.5. The molecule has 8 nitrogen and oxygen atoms in total. The number of hydrogen-bond acceptors (Lipinski definition) is 6. The van der Waals surface area contributed by atoms with Crippen LogP contribution in [0, 0.1) is 5.82 Å². The highest BCUT2D eigenvalue weighted by Gasteiger charge is 2.34. The number of alkyl halides is 1. The number of rotatable bonds is 9. The number of carbonyl (C=O) groups excluding carboxylic acids is 1. The first-order valence-electron chi connectivity index (χ1n) is 11.5. The van der Waals surface area contributed by atoms with Crippen molar-refractivity contribution < 1.29 is 27.8 Å². The van der Waals surface area contributed by atoms with E-state index in [9.17, 15) is 13.6 Å². The zero-order chi connectivity index (χ0) is 24.4. The molecule has 1 amide bonds. The van der Waals surface area contributed by atoms with Gasteiger partial charge in [0.05, 0.1) is 48.7 Å². The second-order valence-electron chi connectivity index (χ2n) is 8.46. The Bertz CT molecular complexity index is 1230. The molecule has 0 radical (unpaired) electrons. The average molecular weight is 485 g/mol. The summed E-state index contributed by atoms with van der Waals surface area (Å²) in [5, 5.41) is 6.04. The molecule has 0 saturated carbocycles. The molecule has 2 aromatic heterocycles. The normalized spacial score (nSPS) is 18.9. The lowest BCUT2D eigenvalue weighted by molar-refractivity contribution is -0.0720. The minimum atomic E-state index is -0.545. The summed E-state index contributed by atoms with van der Waals surface area (Å²) in [6, 6.07) is 6.26. The Hall–Kier alpha value is -3.66. The Labute approximate surface area is 201 Å². The summed E-state index contributed by atoms with van der Waals surface area (Å²) in [6.07, 6.45) is 4.40. The lowest BCUT2D eigenvalue weighted by atomic mass is 9.94. The summed E-state index contributed by atoms with van der Waals surface area (Å²) in [6.45, 7) is 0.868. The van der Waals surface area contributed by atoms with E-state index in [4.69, 9.17) is 14.2 Å². The van der Waals surface area contributed by atoms with Gasteiger partial charge in [-0.1, -0.05) is 6.07 Å². The van der Waals surface area contributed by atoms with Crippen LogP contribution in [0.15, 0.2) is 36.7 Å². The van der Waals surface area contributed by atoms with Crippen molar-refractivity contribution in [2.45, 2.75) is 24.9 Å². The molecule has 0 bridgehead atoms. The molecule has 1 aromatic carbocycles. The lowest BCUT2D eigenvalue weighted by Gasteiger charge is -2.26. The maximum Gasteiger partial charge on any atom is 0.255 e. The molecule has 4 heterocycles. The molecular formula is C25H26F2N4O4. The van der Waals surface area contributed by atoms with Gasteiger partial charge in [0.1, 0.15) is 12.4 Å². The van der Waals surface area contributed by atoms with Crippen LogP contribution in [0.1, 0.15) is 34.8 Å². The highest BCUT2D eigenvalue weighted by Crippen LogP contribution is 2.44. The van der Waals surface area contributed by atoms with Gasteiger partial charge in [-0.15, -0.1) is 0 Å². The summed E-state index contributed by atoms with van der Waals surface area (Å²) in [4.78, 5) is 20.6. The van der Waals surface area contributed by atoms with Crippen molar-refractivity contribution in [2.24, 2.45) is 0 Å². The van der Waals surface area contributed by atoms with E-state index >= 15 is 0 Å². The molecular weight excluding hydrogens is 458 g/mol. The third-order valence-electron chi connectivity index (χ3n) is 6.33. The van der Waals surface area contributed by atoms with E-state index in [-0.39, 0.29) is 30.1 Å². The smallest absolute Gasteiger partial charge is 0.255 e. The zero-order valence-corrected chi connectivity index (χ0v) is 19.2. The third-order valence-corrected chi connectivity index (χ3v) is 6.33. The van der Waals surface area contributed by atoms with Gasteiger partial charge >= 0.3 is 0 Å². The van der Waals surface area contributed by atoms with Crippen LogP contribution in [-0.4, -0.2) is 55.5 Å². The fraction of sp³-hybridized carbons (Fsp3) is 0.360.